The minimum Gasteiger partial charge on any atom is -0.496 e. The van der Waals surface area contributed by atoms with Crippen LogP contribution in [0.4, 0.5) is 18.0 Å². The number of nitrogens with zero attached hydrogens (tertiary/aromatic N) is 2. The zero-order valence-corrected chi connectivity index (χ0v) is 18.9. The van der Waals surface area contributed by atoms with E-state index >= 15 is 0 Å². The summed E-state index contributed by atoms with van der Waals surface area (Å²) in [6.45, 7) is 1.62. The zero-order chi connectivity index (χ0) is 25.4. The van der Waals surface area contributed by atoms with Crippen molar-refractivity contribution in [2.75, 3.05) is 33.4 Å². The van der Waals surface area contributed by atoms with E-state index in [1.165, 1.54) is 24.1 Å². The van der Waals surface area contributed by atoms with Crippen LogP contribution in [0.5, 0.6) is 5.75 Å². The Morgan fingerprint density at radius 3 is 2.40 bits per heavy atom. The Labute approximate surface area is 199 Å². The highest BCUT2D eigenvalue weighted by atomic mass is 19.3. The van der Waals surface area contributed by atoms with Crippen molar-refractivity contribution in [3.63, 3.8) is 0 Å². The maximum atomic E-state index is 14.9. The van der Waals surface area contributed by atoms with E-state index in [0.29, 0.717) is 32.1 Å². The van der Waals surface area contributed by atoms with Crippen molar-refractivity contribution in [3.05, 3.63) is 65.0 Å². The number of halogens is 3. The number of nitrogens with one attached hydrogen (secondary N) is 2. The number of para-hydroxylation sites is 1. The monoisotopic (exact) mass is 494 g/mol. The van der Waals surface area contributed by atoms with Gasteiger partial charge < -0.3 is 19.3 Å². The molecule has 0 aromatic heterocycles. The zero-order valence-electron chi connectivity index (χ0n) is 18.9. The summed E-state index contributed by atoms with van der Waals surface area (Å²) >= 11 is 0. The first-order valence-corrected chi connectivity index (χ1v) is 10.7. The smallest absolute Gasteiger partial charge is 0.320 e. The van der Waals surface area contributed by atoms with Gasteiger partial charge in [-0.2, -0.15) is 8.78 Å². The van der Waals surface area contributed by atoms with E-state index in [2.05, 4.69) is 0 Å². The second-order valence-electron chi connectivity index (χ2n) is 7.60. The number of amides is 4. The van der Waals surface area contributed by atoms with E-state index in [0.717, 1.165) is 11.6 Å². The average Bonchev–Trinajstić information content (AvgIpc) is 2.87. The van der Waals surface area contributed by atoms with E-state index < -0.39 is 24.1 Å². The lowest BCUT2D eigenvalue weighted by Crippen LogP contribution is -2.47. The van der Waals surface area contributed by atoms with Gasteiger partial charge in [0.05, 0.1) is 33.4 Å². The summed E-state index contributed by atoms with van der Waals surface area (Å²) in [5.41, 5.74) is 4.00. The molecule has 0 radical (unpaired) electrons. The van der Waals surface area contributed by atoms with E-state index in [9.17, 15) is 27.6 Å². The highest BCUT2D eigenvalue weighted by Gasteiger charge is 2.25. The van der Waals surface area contributed by atoms with Crippen LogP contribution in [-0.2, 0) is 22.6 Å². The fourth-order valence-electron chi connectivity index (χ4n) is 3.45. The Kier molecular flexibility index (Phi) is 8.90. The van der Waals surface area contributed by atoms with E-state index in [1.807, 2.05) is 0 Å². The molecular formula is C23H25F3N4O5. The molecule has 0 unspecified atom stereocenters. The molecule has 35 heavy (non-hydrogen) atoms. The van der Waals surface area contributed by atoms with Gasteiger partial charge in [0.25, 0.3) is 5.91 Å². The van der Waals surface area contributed by atoms with Crippen LogP contribution in [0.25, 0.3) is 0 Å². The van der Waals surface area contributed by atoms with E-state index in [4.69, 9.17) is 9.47 Å². The predicted molar refractivity (Wildman–Crippen MR) is 118 cm³/mol. The van der Waals surface area contributed by atoms with Crippen LogP contribution in [0, 0.1) is 5.82 Å². The molecule has 1 aliphatic heterocycles. The van der Waals surface area contributed by atoms with Gasteiger partial charge in [0.2, 0.25) is 0 Å². The van der Waals surface area contributed by atoms with Gasteiger partial charge in [0.15, 0.2) is 0 Å². The molecule has 1 saturated heterocycles. The minimum absolute atomic E-state index is 0.107. The number of methoxy groups -OCH3 is 1. The van der Waals surface area contributed by atoms with Crippen LogP contribution in [0.1, 0.15) is 21.5 Å². The molecule has 12 heteroatoms. The first-order chi connectivity index (χ1) is 16.8. The van der Waals surface area contributed by atoms with Crippen LogP contribution < -0.4 is 15.6 Å². The molecule has 2 aromatic rings. The van der Waals surface area contributed by atoms with Crippen LogP contribution in [0.2, 0.25) is 0 Å². The van der Waals surface area contributed by atoms with Gasteiger partial charge in [-0.1, -0.05) is 24.3 Å². The van der Waals surface area contributed by atoms with Gasteiger partial charge >= 0.3 is 18.4 Å². The lowest BCUT2D eigenvalue weighted by molar-refractivity contribution is -0.132. The number of ether oxygens (including phenoxy) is 2. The number of morpholine rings is 1. The number of urea groups is 1. The van der Waals surface area contributed by atoms with Crippen molar-refractivity contribution in [1.82, 2.24) is 20.7 Å². The molecule has 188 valence electrons. The Morgan fingerprint density at radius 2 is 1.74 bits per heavy atom. The number of benzene rings is 2. The third kappa shape index (κ3) is 6.85. The second-order valence-corrected chi connectivity index (χ2v) is 7.60. The second kappa shape index (κ2) is 12.1. The summed E-state index contributed by atoms with van der Waals surface area (Å²) in [6.07, 6.45) is -3.31. The number of carbonyl (C=O) groups excluding carboxylic acids is 3. The predicted octanol–water partition coefficient (Wildman–Crippen LogP) is 2.31. The van der Waals surface area contributed by atoms with E-state index in [-0.39, 0.29) is 30.2 Å². The average molecular weight is 494 g/mol. The normalized spacial score (nSPS) is 13.3. The fourth-order valence-corrected chi connectivity index (χ4v) is 3.45. The van der Waals surface area contributed by atoms with Gasteiger partial charge in [-0.25, -0.2) is 9.18 Å². The number of carbonyl (C=O) groups is 3. The number of alkyl halides is 2. The molecule has 0 aliphatic carbocycles. The molecule has 4 amide bonds. The summed E-state index contributed by atoms with van der Waals surface area (Å²) < 4.78 is 50.1. The van der Waals surface area contributed by atoms with Crippen molar-refractivity contribution in [3.8, 4) is 5.75 Å². The summed E-state index contributed by atoms with van der Waals surface area (Å²) in [4.78, 5) is 39.3. The molecule has 1 heterocycles. The Hall–Kier alpha value is -3.80. The lowest BCUT2D eigenvalue weighted by atomic mass is 10.1. The SMILES string of the molecule is COc1ccccc1CN(Cc1ccc(C(=O)NNC(=O)C(F)F)cc1F)C(=O)N1CCOCC1. The number of hydrogen-bond acceptors (Lipinski definition) is 5. The molecule has 1 aliphatic rings. The summed E-state index contributed by atoms with van der Waals surface area (Å²) in [7, 11) is 1.51. The van der Waals surface area contributed by atoms with Crippen molar-refractivity contribution in [1.29, 1.82) is 0 Å². The third-order valence-electron chi connectivity index (χ3n) is 5.28. The summed E-state index contributed by atoms with van der Waals surface area (Å²) in [5, 5.41) is 0. The van der Waals surface area contributed by atoms with Crippen molar-refractivity contribution >= 4 is 17.8 Å². The largest absolute Gasteiger partial charge is 0.496 e. The maximum absolute atomic E-state index is 14.9. The van der Waals surface area contributed by atoms with Crippen LogP contribution in [0.3, 0.4) is 0 Å². The quantitative estimate of drug-likeness (QED) is 0.576. The summed E-state index contributed by atoms with van der Waals surface area (Å²) in [6, 6.07) is 10.3. The molecule has 3 rings (SSSR count). The van der Waals surface area contributed by atoms with Gasteiger partial charge in [-0.05, 0) is 18.2 Å². The van der Waals surface area contributed by atoms with Crippen LogP contribution in [-0.4, -0.2) is 67.5 Å². The fraction of sp³-hybridized carbons (Fsp3) is 0.348. The van der Waals surface area contributed by atoms with Gasteiger partial charge in [0, 0.05) is 29.8 Å². The van der Waals surface area contributed by atoms with Crippen molar-refractivity contribution in [2.45, 2.75) is 19.5 Å². The lowest BCUT2D eigenvalue weighted by Gasteiger charge is -2.33. The van der Waals surface area contributed by atoms with Crippen molar-refractivity contribution in [2.24, 2.45) is 0 Å². The topological polar surface area (TPSA) is 100 Å². The third-order valence-corrected chi connectivity index (χ3v) is 5.28. The van der Waals surface area contributed by atoms with Gasteiger partial charge in [-0.15, -0.1) is 0 Å². The Bertz CT molecular complexity index is 1060. The molecule has 2 N–H and O–H groups in total. The van der Waals surface area contributed by atoms with Crippen molar-refractivity contribution < 1.29 is 37.0 Å². The molecule has 1 fully saturated rings. The highest BCUT2D eigenvalue weighted by Crippen LogP contribution is 2.22. The Morgan fingerprint density at radius 1 is 1.06 bits per heavy atom. The first kappa shape index (κ1) is 25.8. The number of hydrogen-bond donors (Lipinski definition) is 2. The molecule has 0 atom stereocenters. The molecular weight excluding hydrogens is 469 g/mol. The molecule has 0 saturated carbocycles. The Balaban J connectivity index is 1.78. The van der Waals surface area contributed by atoms with Gasteiger partial charge in [0.1, 0.15) is 11.6 Å². The highest BCUT2D eigenvalue weighted by molar-refractivity contribution is 5.95. The standard InChI is InChI=1S/C23H25F3N4O5/c1-34-19-5-3-2-4-17(19)14-30(23(33)29-8-10-35-11-9-29)13-16-7-6-15(12-18(16)24)21(31)27-28-22(32)20(25)26/h2-7,12,20H,8-11,13-14H2,1H3,(H,27,31)(H,28,32). The van der Waals surface area contributed by atoms with Gasteiger partial charge in [-0.3, -0.25) is 20.4 Å². The number of rotatable bonds is 7. The molecule has 2 aromatic carbocycles. The van der Waals surface area contributed by atoms with Crippen LogP contribution in [0.15, 0.2) is 42.5 Å². The molecule has 0 spiro atoms. The minimum atomic E-state index is -3.31. The number of hydrazine groups is 1. The van der Waals surface area contributed by atoms with Crippen LogP contribution >= 0.6 is 0 Å². The van der Waals surface area contributed by atoms with E-state index in [1.54, 1.807) is 40.0 Å². The first-order valence-electron chi connectivity index (χ1n) is 10.7. The summed E-state index contributed by atoms with van der Waals surface area (Å²) in [5.74, 6) is -2.87. The maximum Gasteiger partial charge on any atom is 0.320 e. The molecule has 9 nitrogen and oxygen atoms in total. The molecule has 0 bridgehead atoms.